The van der Waals surface area contributed by atoms with E-state index in [2.05, 4.69) is 46.3 Å². The maximum absolute atomic E-state index is 3.69. The summed E-state index contributed by atoms with van der Waals surface area (Å²) in [5.74, 6) is 0. The third-order valence-electron chi connectivity index (χ3n) is 3.37. The Bertz CT molecular complexity index is 273. The van der Waals surface area contributed by atoms with Crippen LogP contribution in [0.2, 0.25) is 0 Å². The van der Waals surface area contributed by atoms with E-state index in [0.29, 0.717) is 5.41 Å². The molecule has 1 fully saturated rings. The first-order valence-electron chi connectivity index (χ1n) is 5.45. The van der Waals surface area contributed by atoms with E-state index in [4.69, 9.17) is 0 Å². The molecular weight excluding hydrogens is 236 g/mol. The Balaban J connectivity index is 2.08. The van der Waals surface area contributed by atoms with E-state index < -0.39 is 0 Å². The minimum Gasteiger partial charge on any atom is -0.0922 e. The van der Waals surface area contributed by atoms with E-state index in [1.807, 2.05) is 0 Å². The summed E-state index contributed by atoms with van der Waals surface area (Å²) in [7, 11) is 0. The highest BCUT2D eigenvalue weighted by atomic mass is 79.9. The van der Waals surface area contributed by atoms with Gasteiger partial charge in [-0.25, -0.2) is 0 Å². The lowest BCUT2D eigenvalue weighted by Crippen LogP contribution is -2.21. The fraction of sp³-hybridized carbons (Fsp3) is 0.538. The molecule has 0 spiro atoms. The molecule has 2 rings (SSSR count). The Hall–Kier alpha value is -0.300. The van der Waals surface area contributed by atoms with Gasteiger partial charge in [0.25, 0.3) is 0 Å². The zero-order valence-corrected chi connectivity index (χ0v) is 10.1. The van der Waals surface area contributed by atoms with Crippen LogP contribution in [0, 0.1) is 5.41 Å². The van der Waals surface area contributed by atoms with Gasteiger partial charge >= 0.3 is 0 Å². The topological polar surface area (TPSA) is 0 Å². The maximum Gasteiger partial charge on any atom is 0.00911 e. The highest BCUT2D eigenvalue weighted by Gasteiger charge is 2.32. The monoisotopic (exact) mass is 252 g/mol. The van der Waals surface area contributed by atoms with E-state index in [-0.39, 0.29) is 0 Å². The molecule has 1 heteroatoms. The number of alkyl halides is 1. The van der Waals surface area contributed by atoms with E-state index in [9.17, 15) is 0 Å². The summed E-state index contributed by atoms with van der Waals surface area (Å²) in [6, 6.07) is 10.9. The Morgan fingerprint density at radius 3 is 2.29 bits per heavy atom. The summed E-state index contributed by atoms with van der Waals surface area (Å²) in [6.07, 6.45) is 6.87. The van der Waals surface area contributed by atoms with Gasteiger partial charge < -0.3 is 0 Å². The number of rotatable bonds is 3. The zero-order chi connectivity index (χ0) is 9.86. The van der Waals surface area contributed by atoms with Crippen LogP contribution in [0.25, 0.3) is 0 Å². The first kappa shape index (κ1) is 10.2. The van der Waals surface area contributed by atoms with Crippen molar-refractivity contribution in [1.29, 1.82) is 0 Å². The number of halogens is 1. The zero-order valence-electron chi connectivity index (χ0n) is 8.51. The quantitative estimate of drug-likeness (QED) is 0.709. The van der Waals surface area contributed by atoms with Crippen LogP contribution in [-0.4, -0.2) is 5.33 Å². The van der Waals surface area contributed by atoms with Crippen molar-refractivity contribution >= 4 is 15.9 Å². The molecule has 0 nitrogen and oxygen atoms in total. The molecule has 0 atom stereocenters. The largest absolute Gasteiger partial charge is 0.0922 e. The Morgan fingerprint density at radius 2 is 1.71 bits per heavy atom. The van der Waals surface area contributed by atoms with Crippen molar-refractivity contribution in [3.63, 3.8) is 0 Å². The first-order chi connectivity index (χ1) is 6.85. The fourth-order valence-electron chi connectivity index (χ4n) is 2.51. The number of hydrogen-bond acceptors (Lipinski definition) is 0. The molecule has 1 aliphatic carbocycles. The summed E-state index contributed by atoms with van der Waals surface area (Å²) in [5.41, 5.74) is 2.05. The van der Waals surface area contributed by atoms with Crippen LogP contribution in [0.1, 0.15) is 31.2 Å². The molecular formula is C13H17Br. The van der Waals surface area contributed by atoms with Crippen molar-refractivity contribution in [2.45, 2.75) is 32.1 Å². The van der Waals surface area contributed by atoms with Crippen molar-refractivity contribution in [3.05, 3.63) is 35.9 Å². The van der Waals surface area contributed by atoms with Crippen LogP contribution in [0.4, 0.5) is 0 Å². The molecule has 0 heterocycles. The number of hydrogen-bond donors (Lipinski definition) is 0. The second-order valence-electron chi connectivity index (χ2n) is 4.50. The van der Waals surface area contributed by atoms with Crippen LogP contribution < -0.4 is 0 Å². The van der Waals surface area contributed by atoms with Gasteiger partial charge in [0.15, 0.2) is 0 Å². The van der Waals surface area contributed by atoms with Gasteiger partial charge in [-0.05, 0) is 30.2 Å². The summed E-state index contributed by atoms with van der Waals surface area (Å²) in [4.78, 5) is 0. The van der Waals surface area contributed by atoms with Gasteiger partial charge in [-0.1, -0.05) is 59.1 Å². The lowest BCUT2D eigenvalue weighted by atomic mass is 9.82. The molecule has 1 saturated carbocycles. The van der Waals surface area contributed by atoms with Crippen molar-refractivity contribution < 1.29 is 0 Å². The van der Waals surface area contributed by atoms with Crippen LogP contribution in [0.5, 0.6) is 0 Å². The molecule has 0 unspecified atom stereocenters. The van der Waals surface area contributed by atoms with E-state index in [1.54, 1.807) is 0 Å². The molecule has 14 heavy (non-hydrogen) atoms. The molecule has 1 aromatic rings. The smallest absolute Gasteiger partial charge is 0.00911 e. The highest BCUT2D eigenvalue weighted by molar-refractivity contribution is 9.09. The third kappa shape index (κ3) is 2.20. The van der Waals surface area contributed by atoms with E-state index in [1.165, 1.54) is 37.7 Å². The summed E-state index contributed by atoms with van der Waals surface area (Å²) < 4.78 is 0. The maximum atomic E-state index is 3.69. The molecule has 1 aromatic carbocycles. The van der Waals surface area contributed by atoms with E-state index in [0.717, 1.165) is 5.33 Å². The van der Waals surface area contributed by atoms with Crippen LogP contribution in [0.15, 0.2) is 30.3 Å². The molecule has 0 amide bonds. The van der Waals surface area contributed by atoms with Gasteiger partial charge in [-0.3, -0.25) is 0 Å². The second kappa shape index (κ2) is 4.48. The van der Waals surface area contributed by atoms with Crippen molar-refractivity contribution in [2.75, 3.05) is 5.33 Å². The van der Waals surface area contributed by atoms with Gasteiger partial charge in [0, 0.05) is 5.33 Å². The lowest BCUT2D eigenvalue weighted by Gasteiger charge is -2.26. The Kier molecular flexibility index (Phi) is 3.27. The van der Waals surface area contributed by atoms with Crippen molar-refractivity contribution in [1.82, 2.24) is 0 Å². The van der Waals surface area contributed by atoms with Crippen molar-refractivity contribution in [2.24, 2.45) is 5.41 Å². The van der Waals surface area contributed by atoms with Gasteiger partial charge in [0.2, 0.25) is 0 Å². The summed E-state index contributed by atoms with van der Waals surface area (Å²) >= 11 is 3.69. The fourth-order valence-corrected chi connectivity index (χ4v) is 3.27. The summed E-state index contributed by atoms with van der Waals surface area (Å²) in [6.45, 7) is 0. The van der Waals surface area contributed by atoms with Crippen LogP contribution >= 0.6 is 15.9 Å². The molecule has 0 bridgehead atoms. The standard InChI is InChI=1S/C13H17Br/c14-11-13(8-4-5-9-13)10-12-6-2-1-3-7-12/h1-3,6-7H,4-5,8-11H2. The predicted molar refractivity (Wildman–Crippen MR) is 64.8 cm³/mol. The Labute approximate surface area is 94.8 Å². The first-order valence-corrected chi connectivity index (χ1v) is 6.57. The predicted octanol–water partition coefficient (Wildman–Crippen LogP) is 4.18. The normalized spacial score (nSPS) is 19.8. The highest BCUT2D eigenvalue weighted by Crippen LogP contribution is 2.42. The molecule has 76 valence electrons. The number of benzene rings is 1. The van der Waals surface area contributed by atoms with Gasteiger partial charge in [-0.2, -0.15) is 0 Å². The van der Waals surface area contributed by atoms with Gasteiger partial charge in [-0.15, -0.1) is 0 Å². The third-order valence-corrected chi connectivity index (χ3v) is 4.56. The molecule has 0 N–H and O–H groups in total. The second-order valence-corrected chi connectivity index (χ2v) is 5.06. The molecule has 0 aromatic heterocycles. The van der Waals surface area contributed by atoms with Crippen molar-refractivity contribution in [3.8, 4) is 0 Å². The van der Waals surface area contributed by atoms with Gasteiger partial charge in [0.05, 0.1) is 0 Å². The summed E-state index contributed by atoms with van der Waals surface area (Å²) in [5, 5.41) is 1.16. The molecule has 1 aliphatic rings. The molecule has 0 aliphatic heterocycles. The minimum absolute atomic E-state index is 0.557. The molecule has 0 radical (unpaired) electrons. The molecule has 0 saturated heterocycles. The average Bonchev–Trinajstić information content (AvgIpc) is 2.69. The van der Waals surface area contributed by atoms with Crippen LogP contribution in [-0.2, 0) is 6.42 Å². The minimum atomic E-state index is 0.557. The van der Waals surface area contributed by atoms with Crippen LogP contribution in [0.3, 0.4) is 0 Å². The lowest BCUT2D eigenvalue weighted by molar-refractivity contribution is 0.346. The SMILES string of the molecule is BrCC1(Cc2ccccc2)CCCC1. The van der Waals surface area contributed by atoms with E-state index >= 15 is 0 Å². The van der Waals surface area contributed by atoms with Gasteiger partial charge in [0.1, 0.15) is 0 Å². The Morgan fingerprint density at radius 1 is 1.07 bits per heavy atom. The average molecular weight is 253 g/mol.